The summed E-state index contributed by atoms with van der Waals surface area (Å²) in [5.41, 5.74) is 4.34. The number of likely N-dealkylation sites (tertiary alicyclic amines) is 2. The number of nitrogens with zero attached hydrogens (tertiary/aromatic N) is 3. The molecule has 2 aliphatic heterocycles. The summed E-state index contributed by atoms with van der Waals surface area (Å²) in [6.07, 6.45) is 7.26. The zero-order valence-electron chi connectivity index (χ0n) is 30.2. The number of amides is 3. The first kappa shape index (κ1) is 35.5. The molecule has 2 fully saturated rings. The van der Waals surface area contributed by atoms with Crippen molar-refractivity contribution in [3.63, 3.8) is 0 Å². The minimum Gasteiger partial charge on any atom is -0.494 e. The number of hydrogen-bond donors (Lipinski definition) is 2. The van der Waals surface area contributed by atoms with Crippen molar-refractivity contribution in [2.24, 2.45) is 13.0 Å². The van der Waals surface area contributed by atoms with Gasteiger partial charge in [-0.25, -0.2) is 0 Å². The summed E-state index contributed by atoms with van der Waals surface area (Å²) in [7, 11) is 5.54. The molecular formula is C39H55N5O4. The van der Waals surface area contributed by atoms with Gasteiger partial charge < -0.3 is 24.8 Å². The lowest BCUT2D eigenvalue weighted by Gasteiger charge is -2.27. The summed E-state index contributed by atoms with van der Waals surface area (Å²) in [6, 6.07) is 12.0. The summed E-state index contributed by atoms with van der Waals surface area (Å²) in [5.74, 6) is 0.709. The number of likely N-dealkylation sites (N-methyl/N-ethyl adjacent to an activating group) is 1. The van der Waals surface area contributed by atoms with Crippen molar-refractivity contribution in [1.82, 2.24) is 19.7 Å². The van der Waals surface area contributed by atoms with E-state index in [4.69, 9.17) is 4.74 Å². The summed E-state index contributed by atoms with van der Waals surface area (Å²) in [4.78, 5) is 44.7. The molecule has 260 valence electrons. The van der Waals surface area contributed by atoms with E-state index in [1.54, 1.807) is 0 Å². The molecule has 3 amide bonds. The quantitative estimate of drug-likeness (QED) is 0.273. The SMILES string of the molecule is COc1c(NC(=O)c2cc3cccc(CCC4CCCN(C(=O)C5CCCN5C)CC4)c3n2C)cc(C(C)(C)C)cc1C(=O)NC(C)C. The highest BCUT2D eigenvalue weighted by Gasteiger charge is 2.32. The fourth-order valence-electron chi connectivity index (χ4n) is 7.46. The molecule has 2 atom stereocenters. The van der Waals surface area contributed by atoms with Gasteiger partial charge in [-0.1, -0.05) is 39.0 Å². The first-order chi connectivity index (χ1) is 22.8. The molecule has 48 heavy (non-hydrogen) atoms. The predicted molar refractivity (Wildman–Crippen MR) is 193 cm³/mol. The second kappa shape index (κ2) is 14.7. The average Bonchev–Trinajstić information content (AvgIpc) is 3.52. The van der Waals surface area contributed by atoms with Crippen molar-refractivity contribution in [2.75, 3.05) is 39.1 Å². The number of para-hydroxylation sites is 1. The van der Waals surface area contributed by atoms with E-state index >= 15 is 0 Å². The van der Waals surface area contributed by atoms with Gasteiger partial charge in [0, 0.05) is 31.6 Å². The van der Waals surface area contributed by atoms with Crippen LogP contribution in [-0.2, 0) is 23.7 Å². The maximum atomic E-state index is 13.9. The number of rotatable bonds is 9. The number of aryl methyl sites for hydroxylation is 2. The van der Waals surface area contributed by atoms with Gasteiger partial charge in [0.25, 0.3) is 11.8 Å². The molecule has 1 aromatic heterocycles. The lowest BCUT2D eigenvalue weighted by molar-refractivity contribution is -0.135. The van der Waals surface area contributed by atoms with Crippen LogP contribution in [0.25, 0.3) is 10.9 Å². The number of fused-ring (bicyclic) bond motifs is 1. The third-order valence-electron chi connectivity index (χ3n) is 10.2. The van der Waals surface area contributed by atoms with Crippen LogP contribution in [0.15, 0.2) is 36.4 Å². The standard InChI is InChI=1S/C39H55N5O4/c1-25(2)40-36(45)30-23-29(39(3,4)5)24-31(35(30)48-8)41-37(46)33-22-28-14-9-13-27(34(28)43(33)7)17-16-26-12-10-20-44(21-18-26)38(47)32-15-11-19-42(32)6/h9,13-14,22-26,32H,10-12,15-21H2,1-8H3,(H,40,45)(H,41,46). The fraction of sp³-hybridized carbons (Fsp3) is 0.564. The Morgan fingerprint density at radius 3 is 2.38 bits per heavy atom. The van der Waals surface area contributed by atoms with Gasteiger partial charge in [-0.2, -0.15) is 0 Å². The summed E-state index contributed by atoms with van der Waals surface area (Å²) >= 11 is 0. The van der Waals surface area contributed by atoms with Crippen LogP contribution in [0.1, 0.15) is 105 Å². The number of carbonyl (C=O) groups excluding carboxylic acids is 3. The van der Waals surface area contributed by atoms with Gasteiger partial charge in [0.05, 0.1) is 29.9 Å². The maximum Gasteiger partial charge on any atom is 0.272 e. The molecule has 2 saturated heterocycles. The predicted octanol–water partition coefficient (Wildman–Crippen LogP) is 6.53. The molecule has 9 nitrogen and oxygen atoms in total. The van der Waals surface area contributed by atoms with Gasteiger partial charge in [0.15, 0.2) is 5.75 Å². The van der Waals surface area contributed by atoms with Gasteiger partial charge in [-0.15, -0.1) is 0 Å². The molecule has 2 aliphatic rings. The Balaban J connectivity index is 1.33. The van der Waals surface area contributed by atoms with Crippen LogP contribution in [0.5, 0.6) is 5.75 Å². The second-order valence-corrected chi connectivity index (χ2v) is 15.2. The van der Waals surface area contributed by atoms with Gasteiger partial charge in [0.2, 0.25) is 5.91 Å². The van der Waals surface area contributed by atoms with Crippen LogP contribution >= 0.6 is 0 Å². The Labute approximate surface area is 286 Å². The molecule has 0 bridgehead atoms. The van der Waals surface area contributed by atoms with Crippen LogP contribution in [0.4, 0.5) is 5.69 Å². The van der Waals surface area contributed by atoms with Crippen molar-refractivity contribution in [2.45, 2.75) is 97.1 Å². The van der Waals surface area contributed by atoms with Crippen molar-refractivity contribution in [3.8, 4) is 5.75 Å². The number of hydrogen-bond acceptors (Lipinski definition) is 5. The van der Waals surface area contributed by atoms with Crippen LogP contribution in [0, 0.1) is 5.92 Å². The first-order valence-electron chi connectivity index (χ1n) is 17.7. The van der Waals surface area contributed by atoms with Crippen LogP contribution < -0.4 is 15.4 Å². The molecule has 9 heteroatoms. The first-order valence-corrected chi connectivity index (χ1v) is 17.7. The van der Waals surface area contributed by atoms with E-state index in [0.29, 0.717) is 34.5 Å². The molecule has 0 radical (unpaired) electrons. The molecule has 2 aromatic carbocycles. The zero-order chi connectivity index (χ0) is 34.7. The Morgan fingerprint density at radius 1 is 0.958 bits per heavy atom. The van der Waals surface area contributed by atoms with Gasteiger partial charge >= 0.3 is 0 Å². The van der Waals surface area contributed by atoms with Crippen molar-refractivity contribution in [1.29, 1.82) is 0 Å². The molecule has 3 aromatic rings. The highest BCUT2D eigenvalue weighted by Crippen LogP contribution is 2.36. The number of carbonyl (C=O) groups is 3. The Hall–Kier alpha value is -3.85. The summed E-state index contributed by atoms with van der Waals surface area (Å²) in [5, 5.41) is 7.07. The zero-order valence-corrected chi connectivity index (χ0v) is 30.2. The molecule has 2 N–H and O–H groups in total. The lowest BCUT2D eigenvalue weighted by Crippen LogP contribution is -2.44. The third-order valence-corrected chi connectivity index (χ3v) is 10.2. The van der Waals surface area contributed by atoms with Gasteiger partial charge in [-0.05, 0) is 113 Å². The highest BCUT2D eigenvalue weighted by molar-refractivity contribution is 6.09. The molecule has 0 saturated carbocycles. The van der Waals surface area contributed by atoms with E-state index in [1.807, 2.05) is 43.7 Å². The van der Waals surface area contributed by atoms with E-state index in [-0.39, 0.29) is 29.3 Å². The van der Waals surface area contributed by atoms with Gasteiger partial charge in [-0.3, -0.25) is 19.3 Å². The van der Waals surface area contributed by atoms with Crippen LogP contribution in [-0.4, -0.2) is 78.0 Å². The Morgan fingerprint density at radius 2 is 1.71 bits per heavy atom. The number of benzene rings is 2. The maximum absolute atomic E-state index is 13.9. The number of aromatic nitrogens is 1. The lowest BCUT2D eigenvalue weighted by atomic mass is 9.85. The third kappa shape index (κ3) is 7.72. The normalized spacial score (nSPS) is 19.1. The van der Waals surface area contributed by atoms with Gasteiger partial charge in [0.1, 0.15) is 5.69 Å². The second-order valence-electron chi connectivity index (χ2n) is 15.2. The van der Waals surface area contributed by atoms with Crippen LogP contribution in [0.2, 0.25) is 0 Å². The van der Waals surface area contributed by atoms with Crippen molar-refractivity contribution < 1.29 is 19.1 Å². The minimum absolute atomic E-state index is 0.0474. The number of ether oxygens (including phenoxy) is 1. The Kier molecular flexibility index (Phi) is 10.9. The molecular weight excluding hydrogens is 602 g/mol. The number of nitrogens with one attached hydrogen (secondary N) is 2. The van der Waals surface area contributed by atoms with E-state index in [1.165, 1.54) is 12.7 Å². The molecule has 0 aliphatic carbocycles. The number of methoxy groups -OCH3 is 1. The smallest absolute Gasteiger partial charge is 0.272 e. The van der Waals surface area contributed by atoms with E-state index < -0.39 is 0 Å². The average molecular weight is 658 g/mol. The van der Waals surface area contributed by atoms with Crippen LogP contribution in [0.3, 0.4) is 0 Å². The molecule has 2 unspecified atom stereocenters. The van der Waals surface area contributed by atoms with E-state index in [2.05, 4.69) is 66.5 Å². The van der Waals surface area contributed by atoms with Crippen molar-refractivity contribution in [3.05, 3.63) is 58.8 Å². The monoisotopic (exact) mass is 657 g/mol. The summed E-state index contributed by atoms with van der Waals surface area (Å²) < 4.78 is 7.72. The fourth-order valence-corrected chi connectivity index (χ4v) is 7.46. The molecule has 0 spiro atoms. The van der Waals surface area contributed by atoms with Crippen molar-refractivity contribution >= 4 is 34.3 Å². The summed E-state index contributed by atoms with van der Waals surface area (Å²) in [6.45, 7) is 12.8. The molecule has 3 heterocycles. The minimum atomic E-state index is -0.263. The van der Waals surface area contributed by atoms with E-state index in [9.17, 15) is 14.4 Å². The molecule has 5 rings (SSSR count). The Bertz CT molecular complexity index is 1650. The number of anilines is 1. The largest absolute Gasteiger partial charge is 0.494 e. The van der Waals surface area contributed by atoms with E-state index in [0.717, 1.165) is 81.0 Å². The highest BCUT2D eigenvalue weighted by atomic mass is 16.5. The topological polar surface area (TPSA) is 95.9 Å².